The Hall–Kier alpha value is -0.590. The van der Waals surface area contributed by atoms with Crippen LogP contribution >= 0.6 is 11.6 Å². The molecule has 0 aliphatic rings. The number of aromatic nitrogens is 2. The van der Waals surface area contributed by atoms with Gasteiger partial charge in [0.2, 0.25) is 0 Å². The van der Waals surface area contributed by atoms with Gasteiger partial charge in [-0.2, -0.15) is 0 Å². The van der Waals surface area contributed by atoms with E-state index in [4.69, 9.17) is 11.6 Å². The van der Waals surface area contributed by atoms with Gasteiger partial charge in [0.15, 0.2) is 5.03 Å². The molecule has 0 fully saturated rings. The number of alkyl halides is 1. The summed E-state index contributed by atoms with van der Waals surface area (Å²) in [6.07, 6.45) is 3.20. The largest absolute Gasteiger partial charge is 0.337 e. The van der Waals surface area contributed by atoms with Crippen LogP contribution in [-0.2, 0) is 17.1 Å². The van der Waals surface area contributed by atoms with Crippen molar-refractivity contribution < 1.29 is 8.42 Å². The van der Waals surface area contributed by atoms with E-state index >= 15 is 0 Å². The second-order valence-corrected chi connectivity index (χ2v) is 6.31. The SMILES string of the molecule is CCCC(Cl)CNS(=O)(=O)c1cn(C)c(C)n1. The number of halogens is 1. The van der Waals surface area contributed by atoms with Crippen molar-refractivity contribution in [3.8, 4) is 0 Å². The number of nitrogens with zero attached hydrogens (tertiary/aromatic N) is 2. The summed E-state index contributed by atoms with van der Waals surface area (Å²) in [7, 11) is -1.79. The van der Waals surface area contributed by atoms with E-state index in [1.165, 1.54) is 6.20 Å². The second kappa shape index (κ2) is 5.84. The predicted molar refractivity (Wildman–Crippen MR) is 67.7 cm³/mol. The van der Waals surface area contributed by atoms with E-state index in [0.717, 1.165) is 12.8 Å². The van der Waals surface area contributed by atoms with Gasteiger partial charge in [0, 0.05) is 25.2 Å². The van der Waals surface area contributed by atoms with Crippen molar-refractivity contribution in [1.82, 2.24) is 14.3 Å². The molecule has 0 saturated heterocycles. The molecule has 0 bridgehead atoms. The maximum absolute atomic E-state index is 11.9. The van der Waals surface area contributed by atoms with Crippen LogP contribution in [0.4, 0.5) is 0 Å². The highest BCUT2D eigenvalue weighted by Crippen LogP contribution is 2.09. The molecule has 5 nitrogen and oxygen atoms in total. The summed E-state index contributed by atoms with van der Waals surface area (Å²) in [4.78, 5) is 3.98. The minimum atomic E-state index is -3.54. The lowest BCUT2D eigenvalue weighted by atomic mass is 10.2. The Labute approximate surface area is 107 Å². The zero-order chi connectivity index (χ0) is 13.1. The number of sulfonamides is 1. The van der Waals surface area contributed by atoms with Crippen LogP contribution in [0.1, 0.15) is 25.6 Å². The van der Waals surface area contributed by atoms with Gasteiger partial charge in [0.1, 0.15) is 5.82 Å². The zero-order valence-electron chi connectivity index (χ0n) is 10.3. The molecule has 0 aromatic carbocycles. The molecule has 1 aromatic heterocycles. The van der Waals surface area contributed by atoms with E-state index in [-0.39, 0.29) is 16.9 Å². The normalized spacial score (nSPS) is 13.9. The van der Waals surface area contributed by atoms with Gasteiger partial charge >= 0.3 is 0 Å². The third-order valence-electron chi connectivity index (χ3n) is 2.46. The first-order valence-corrected chi connectivity index (χ1v) is 7.42. The molecular formula is C10H18ClN3O2S. The monoisotopic (exact) mass is 279 g/mol. The first-order valence-electron chi connectivity index (χ1n) is 5.50. The van der Waals surface area contributed by atoms with Gasteiger partial charge in [0.25, 0.3) is 10.0 Å². The van der Waals surface area contributed by atoms with Crippen molar-refractivity contribution in [2.24, 2.45) is 7.05 Å². The Morgan fingerprint density at radius 2 is 2.24 bits per heavy atom. The van der Waals surface area contributed by atoms with Gasteiger partial charge in [-0.25, -0.2) is 18.1 Å². The Kier molecular flexibility index (Phi) is 4.97. The Morgan fingerprint density at radius 1 is 1.59 bits per heavy atom. The minimum Gasteiger partial charge on any atom is -0.337 e. The lowest BCUT2D eigenvalue weighted by molar-refractivity contribution is 0.573. The van der Waals surface area contributed by atoms with E-state index in [1.54, 1.807) is 18.5 Å². The van der Waals surface area contributed by atoms with E-state index < -0.39 is 10.0 Å². The number of aryl methyl sites for hydroxylation is 2. The molecule has 1 unspecified atom stereocenters. The Bertz CT molecular complexity index is 450. The fraction of sp³-hybridized carbons (Fsp3) is 0.700. The third kappa shape index (κ3) is 3.97. The van der Waals surface area contributed by atoms with Crippen molar-refractivity contribution in [1.29, 1.82) is 0 Å². The first kappa shape index (κ1) is 14.5. The van der Waals surface area contributed by atoms with Crippen LogP contribution in [0.5, 0.6) is 0 Å². The summed E-state index contributed by atoms with van der Waals surface area (Å²) in [5.74, 6) is 0.654. The molecule has 0 saturated carbocycles. The van der Waals surface area contributed by atoms with Gasteiger partial charge in [0.05, 0.1) is 0 Å². The fourth-order valence-corrected chi connectivity index (χ4v) is 2.85. The third-order valence-corrected chi connectivity index (χ3v) is 4.13. The summed E-state index contributed by atoms with van der Waals surface area (Å²) in [5, 5.41) is -0.141. The molecule has 7 heteroatoms. The van der Waals surface area contributed by atoms with Crippen LogP contribution < -0.4 is 4.72 Å². The molecule has 1 heterocycles. The van der Waals surface area contributed by atoms with Gasteiger partial charge in [-0.1, -0.05) is 13.3 Å². The maximum atomic E-state index is 11.9. The molecule has 1 rings (SSSR count). The van der Waals surface area contributed by atoms with Crippen LogP contribution in [0, 0.1) is 6.92 Å². The number of rotatable bonds is 6. The van der Waals surface area contributed by atoms with Crippen molar-refractivity contribution in [3.63, 3.8) is 0 Å². The smallest absolute Gasteiger partial charge is 0.259 e. The minimum absolute atomic E-state index is 0.0397. The van der Waals surface area contributed by atoms with Crippen molar-refractivity contribution in [3.05, 3.63) is 12.0 Å². The Balaban J connectivity index is 2.69. The van der Waals surface area contributed by atoms with Gasteiger partial charge in [-0.05, 0) is 13.3 Å². The highest BCUT2D eigenvalue weighted by Gasteiger charge is 2.19. The summed E-state index contributed by atoms with van der Waals surface area (Å²) in [6, 6.07) is 0. The van der Waals surface area contributed by atoms with Crippen LogP contribution in [0.2, 0.25) is 0 Å². The summed E-state index contributed by atoms with van der Waals surface area (Å²) in [6.45, 7) is 3.99. The quantitative estimate of drug-likeness (QED) is 0.801. The van der Waals surface area contributed by atoms with E-state index in [2.05, 4.69) is 9.71 Å². The topological polar surface area (TPSA) is 64.0 Å². The standard InChI is InChI=1S/C10H18ClN3O2S/c1-4-5-9(11)6-12-17(15,16)10-7-14(3)8(2)13-10/h7,9,12H,4-6H2,1-3H3. The number of imidazole rings is 1. The van der Waals surface area contributed by atoms with Crippen molar-refractivity contribution in [2.45, 2.75) is 37.1 Å². The van der Waals surface area contributed by atoms with Crippen LogP contribution in [-0.4, -0.2) is 29.9 Å². The molecule has 1 N–H and O–H groups in total. The average molecular weight is 280 g/mol. The van der Waals surface area contributed by atoms with Crippen LogP contribution in [0.3, 0.4) is 0 Å². The molecule has 98 valence electrons. The number of hydrogen-bond acceptors (Lipinski definition) is 3. The summed E-state index contributed by atoms with van der Waals surface area (Å²) in [5.41, 5.74) is 0. The van der Waals surface area contributed by atoms with E-state index in [0.29, 0.717) is 5.82 Å². The molecule has 1 atom stereocenters. The van der Waals surface area contributed by atoms with Crippen molar-refractivity contribution >= 4 is 21.6 Å². The zero-order valence-corrected chi connectivity index (χ0v) is 11.8. The average Bonchev–Trinajstić information content (AvgIpc) is 2.58. The summed E-state index contributed by atoms with van der Waals surface area (Å²) < 4.78 is 27.9. The molecule has 1 aromatic rings. The second-order valence-electron chi connectivity index (χ2n) is 3.98. The van der Waals surface area contributed by atoms with Gasteiger partial charge in [-0.15, -0.1) is 11.6 Å². The van der Waals surface area contributed by atoms with Crippen LogP contribution in [0.25, 0.3) is 0 Å². The van der Waals surface area contributed by atoms with Crippen molar-refractivity contribution in [2.75, 3.05) is 6.54 Å². The highest BCUT2D eigenvalue weighted by atomic mass is 35.5. The molecule has 0 amide bonds. The molecular weight excluding hydrogens is 262 g/mol. The lowest BCUT2D eigenvalue weighted by Gasteiger charge is -2.08. The highest BCUT2D eigenvalue weighted by molar-refractivity contribution is 7.89. The molecule has 0 spiro atoms. The lowest BCUT2D eigenvalue weighted by Crippen LogP contribution is -2.30. The predicted octanol–water partition coefficient (Wildman–Crippen LogP) is 1.41. The van der Waals surface area contributed by atoms with E-state index in [9.17, 15) is 8.42 Å². The molecule has 0 radical (unpaired) electrons. The molecule has 0 aliphatic heterocycles. The summed E-state index contributed by atoms with van der Waals surface area (Å²) >= 11 is 5.96. The van der Waals surface area contributed by atoms with Crippen LogP contribution in [0.15, 0.2) is 11.2 Å². The molecule has 0 aliphatic carbocycles. The molecule has 17 heavy (non-hydrogen) atoms. The fourth-order valence-electron chi connectivity index (χ4n) is 1.35. The first-order chi connectivity index (χ1) is 7.86. The number of nitrogens with one attached hydrogen (secondary N) is 1. The van der Waals surface area contributed by atoms with Gasteiger partial charge in [-0.3, -0.25) is 0 Å². The Morgan fingerprint density at radius 3 is 2.71 bits per heavy atom. The van der Waals surface area contributed by atoms with Gasteiger partial charge < -0.3 is 4.57 Å². The van der Waals surface area contributed by atoms with E-state index in [1.807, 2.05) is 6.92 Å². The number of hydrogen-bond donors (Lipinski definition) is 1. The maximum Gasteiger partial charge on any atom is 0.259 e.